The maximum Gasteiger partial charge on any atom is 0.359 e. The maximum absolute atomic E-state index is 12.1. The number of benzene rings is 1. The predicted octanol–water partition coefficient (Wildman–Crippen LogP) is 2.47. The summed E-state index contributed by atoms with van der Waals surface area (Å²) in [5.41, 5.74) is 1.80. The first-order chi connectivity index (χ1) is 12.5. The fourth-order valence-electron chi connectivity index (χ4n) is 2.57. The molecule has 0 saturated carbocycles. The third-order valence-corrected chi connectivity index (χ3v) is 3.87. The van der Waals surface area contributed by atoms with Crippen LogP contribution in [-0.2, 0) is 18.0 Å². The summed E-state index contributed by atoms with van der Waals surface area (Å²) >= 11 is 0. The summed E-state index contributed by atoms with van der Waals surface area (Å²) in [5.74, 6) is -0.535. The Morgan fingerprint density at radius 2 is 1.92 bits per heavy atom. The van der Waals surface area contributed by atoms with Crippen LogP contribution in [0.1, 0.15) is 27.4 Å². The topological polar surface area (TPSA) is 105 Å². The van der Waals surface area contributed by atoms with E-state index in [1.54, 1.807) is 20.0 Å². The molecule has 3 aromatic rings. The molecule has 0 fully saturated rings. The molecule has 0 N–H and O–H groups in total. The lowest BCUT2D eigenvalue weighted by atomic mass is 10.2. The van der Waals surface area contributed by atoms with Crippen molar-refractivity contribution in [2.75, 3.05) is 0 Å². The van der Waals surface area contributed by atoms with Crippen LogP contribution in [0.4, 0.5) is 5.69 Å². The Morgan fingerprint density at radius 3 is 2.58 bits per heavy atom. The van der Waals surface area contributed by atoms with E-state index in [-0.39, 0.29) is 24.7 Å². The van der Waals surface area contributed by atoms with Crippen molar-refractivity contribution in [3.8, 4) is 0 Å². The largest absolute Gasteiger partial charge is 0.456 e. The fourth-order valence-corrected chi connectivity index (χ4v) is 2.57. The standard InChI is InChI=1S/C17H17N5O4/c1-12-16(22(24)25)13(2)21(18-12)11-20-9-8-15(19-20)17(23)26-10-14-6-4-3-5-7-14/h3-9H,10-11H2,1-2H3. The minimum absolute atomic E-state index is 0.0142. The number of carbonyl (C=O) groups is 1. The molecule has 0 amide bonds. The molecule has 26 heavy (non-hydrogen) atoms. The van der Waals surface area contributed by atoms with Crippen molar-refractivity contribution in [1.82, 2.24) is 19.6 Å². The first-order valence-electron chi connectivity index (χ1n) is 7.88. The predicted molar refractivity (Wildman–Crippen MR) is 91.5 cm³/mol. The number of hydrogen-bond donors (Lipinski definition) is 0. The van der Waals surface area contributed by atoms with E-state index in [0.29, 0.717) is 11.4 Å². The number of aryl methyl sites for hydroxylation is 1. The van der Waals surface area contributed by atoms with Gasteiger partial charge in [0.2, 0.25) is 0 Å². The third kappa shape index (κ3) is 3.61. The molecule has 0 atom stereocenters. The van der Waals surface area contributed by atoms with E-state index in [2.05, 4.69) is 10.2 Å². The number of carbonyl (C=O) groups excluding carboxylic acids is 1. The number of aromatic nitrogens is 4. The van der Waals surface area contributed by atoms with Crippen LogP contribution in [0.25, 0.3) is 0 Å². The summed E-state index contributed by atoms with van der Waals surface area (Å²) in [5, 5.41) is 19.4. The summed E-state index contributed by atoms with van der Waals surface area (Å²) in [4.78, 5) is 22.7. The van der Waals surface area contributed by atoms with Crippen LogP contribution in [0.15, 0.2) is 42.6 Å². The lowest BCUT2D eigenvalue weighted by molar-refractivity contribution is -0.386. The van der Waals surface area contributed by atoms with Gasteiger partial charge in [0.25, 0.3) is 0 Å². The number of rotatable bonds is 6. The zero-order valence-electron chi connectivity index (χ0n) is 14.3. The minimum atomic E-state index is -0.535. The van der Waals surface area contributed by atoms with Crippen LogP contribution in [-0.4, -0.2) is 30.5 Å². The van der Waals surface area contributed by atoms with Crippen LogP contribution in [0.3, 0.4) is 0 Å². The van der Waals surface area contributed by atoms with Crippen molar-refractivity contribution >= 4 is 11.7 Å². The van der Waals surface area contributed by atoms with Gasteiger partial charge in [-0.1, -0.05) is 30.3 Å². The smallest absolute Gasteiger partial charge is 0.359 e. The molecule has 0 spiro atoms. The molecule has 9 heteroatoms. The highest BCUT2D eigenvalue weighted by atomic mass is 16.6. The van der Waals surface area contributed by atoms with Crippen molar-refractivity contribution in [2.24, 2.45) is 0 Å². The molecule has 0 unspecified atom stereocenters. The Morgan fingerprint density at radius 1 is 1.19 bits per heavy atom. The monoisotopic (exact) mass is 355 g/mol. The zero-order chi connectivity index (χ0) is 18.7. The molecule has 0 saturated heterocycles. The number of nitro groups is 1. The van der Waals surface area contributed by atoms with Crippen molar-refractivity contribution in [2.45, 2.75) is 27.1 Å². The molecule has 9 nitrogen and oxygen atoms in total. The van der Waals surface area contributed by atoms with Gasteiger partial charge in [-0.3, -0.25) is 14.8 Å². The van der Waals surface area contributed by atoms with Crippen molar-refractivity contribution < 1.29 is 14.5 Å². The average Bonchev–Trinajstić information content (AvgIpc) is 3.18. The Hall–Kier alpha value is -3.49. The molecule has 1 aromatic carbocycles. The summed E-state index contributed by atoms with van der Waals surface area (Å²) < 4.78 is 8.18. The van der Waals surface area contributed by atoms with Gasteiger partial charge in [-0.05, 0) is 25.5 Å². The minimum Gasteiger partial charge on any atom is -0.456 e. The van der Waals surface area contributed by atoms with Crippen LogP contribution >= 0.6 is 0 Å². The molecule has 0 bridgehead atoms. The molecule has 3 rings (SSSR count). The second-order valence-electron chi connectivity index (χ2n) is 5.72. The van der Waals surface area contributed by atoms with Crippen molar-refractivity contribution in [1.29, 1.82) is 0 Å². The lowest BCUT2D eigenvalue weighted by Gasteiger charge is -2.04. The van der Waals surface area contributed by atoms with E-state index in [4.69, 9.17) is 4.74 Å². The van der Waals surface area contributed by atoms with Crippen LogP contribution in [0, 0.1) is 24.0 Å². The van der Waals surface area contributed by atoms with Crippen molar-refractivity contribution in [3.63, 3.8) is 0 Å². The normalized spacial score (nSPS) is 10.7. The third-order valence-electron chi connectivity index (χ3n) is 3.87. The van der Waals surface area contributed by atoms with Gasteiger partial charge < -0.3 is 4.74 Å². The lowest BCUT2D eigenvalue weighted by Crippen LogP contribution is -2.13. The van der Waals surface area contributed by atoms with E-state index < -0.39 is 10.9 Å². The summed E-state index contributed by atoms with van der Waals surface area (Å²) in [6.07, 6.45) is 1.60. The molecule has 0 aliphatic heterocycles. The number of ether oxygens (including phenoxy) is 1. The van der Waals surface area contributed by atoms with Gasteiger partial charge in [0.15, 0.2) is 5.69 Å². The van der Waals surface area contributed by atoms with Gasteiger partial charge in [0, 0.05) is 6.20 Å². The second kappa shape index (κ2) is 7.18. The first-order valence-corrected chi connectivity index (χ1v) is 7.88. The molecular formula is C17H17N5O4. The van der Waals surface area contributed by atoms with Gasteiger partial charge in [0.05, 0.1) is 4.92 Å². The highest BCUT2D eigenvalue weighted by Crippen LogP contribution is 2.21. The van der Waals surface area contributed by atoms with Crippen LogP contribution in [0.2, 0.25) is 0 Å². The zero-order valence-corrected chi connectivity index (χ0v) is 14.3. The molecule has 2 heterocycles. The SMILES string of the molecule is Cc1nn(Cn2ccc(C(=O)OCc3ccccc3)n2)c(C)c1[N+](=O)[O-]. The first kappa shape index (κ1) is 17.3. The van der Waals surface area contributed by atoms with Crippen molar-refractivity contribution in [3.05, 3.63) is 75.4 Å². The highest BCUT2D eigenvalue weighted by molar-refractivity contribution is 5.87. The second-order valence-corrected chi connectivity index (χ2v) is 5.72. The molecule has 134 valence electrons. The van der Waals surface area contributed by atoms with E-state index in [0.717, 1.165) is 5.56 Å². The van der Waals surface area contributed by atoms with Crippen LogP contribution in [0.5, 0.6) is 0 Å². The molecular weight excluding hydrogens is 338 g/mol. The van der Waals surface area contributed by atoms with E-state index in [9.17, 15) is 14.9 Å². The Bertz CT molecular complexity index is 945. The molecule has 0 aliphatic rings. The molecule has 2 aromatic heterocycles. The Kier molecular flexibility index (Phi) is 4.78. The summed E-state index contributed by atoms with van der Waals surface area (Å²) in [7, 11) is 0. The van der Waals surface area contributed by atoms with Gasteiger partial charge >= 0.3 is 11.7 Å². The Balaban J connectivity index is 1.67. The molecule has 0 aliphatic carbocycles. The number of nitrogens with zero attached hydrogens (tertiary/aromatic N) is 5. The fraction of sp³-hybridized carbons (Fsp3) is 0.235. The maximum atomic E-state index is 12.1. The number of hydrogen-bond acceptors (Lipinski definition) is 6. The average molecular weight is 355 g/mol. The van der Waals surface area contributed by atoms with Gasteiger partial charge in [-0.25, -0.2) is 9.48 Å². The Labute approximate surface area is 149 Å². The summed E-state index contributed by atoms with van der Waals surface area (Å²) in [6, 6.07) is 10.9. The van der Waals surface area contributed by atoms with Gasteiger partial charge in [-0.2, -0.15) is 10.2 Å². The van der Waals surface area contributed by atoms with E-state index >= 15 is 0 Å². The quantitative estimate of drug-likeness (QED) is 0.382. The highest BCUT2D eigenvalue weighted by Gasteiger charge is 2.22. The number of esters is 1. The molecule has 0 radical (unpaired) electrons. The van der Waals surface area contributed by atoms with Gasteiger partial charge in [0.1, 0.15) is 24.7 Å². The van der Waals surface area contributed by atoms with E-state index in [1.165, 1.54) is 15.4 Å². The van der Waals surface area contributed by atoms with Crippen LogP contribution < -0.4 is 0 Å². The van der Waals surface area contributed by atoms with E-state index in [1.807, 2.05) is 30.3 Å². The summed E-state index contributed by atoms with van der Waals surface area (Å²) in [6.45, 7) is 3.52. The van der Waals surface area contributed by atoms with Gasteiger partial charge in [-0.15, -0.1) is 0 Å².